The predicted octanol–water partition coefficient (Wildman–Crippen LogP) is 4.57. The molecule has 0 radical (unpaired) electrons. The largest absolute Gasteiger partial charge is 0.416 e. The number of thiophene rings is 1. The molecule has 39 heavy (non-hydrogen) atoms. The lowest BCUT2D eigenvalue weighted by Gasteiger charge is -2.30. The Balaban J connectivity index is 1.11. The third-order valence-corrected chi connectivity index (χ3v) is 9.71. The maximum atomic E-state index is 13.3. The number of alkyl halides is 3. The van der Waals surface area contributed by atoms with Crippen LogP contribution in [0.25, 0.3) is 0 Å². The molecular formula is C29H36F3N3O3S. The molecule has 4 heterocycles. The van der Waals surface area contributed by atoms with Gasteiger partial charge >= 0.3 is 6.18 Å². The molecule has 4 aliphatic rings. The third kappa shape index (κ3) is 6.20. The average Bonchev–Trinajstić information content (AvgIpc) is 3.55. The highest BCUT2D eigenvalue weighted by Gasteiger charge is 2.40. The summed E-state index contributed by atoms with van der Waals surface area (Å²) in [7, 11) is 0. The third-order valence-electron chi connectivity index (χ3n) is 8.66. The van der Waals surface area contributed by atoms with Crippen molar-refractivity contribution in [1.29, 1.82) is 0 Å². The van der Waals surface area contributed by atoms with Crippen molar-refractivity contribution in [3.8, 4) is 0 Å². The monoisotopic (exact) mass is 563 g/mol. The number of rotatable bonds is 6. The highest BCUT2D eigenvalue weighted by Crippen LogP contribution is 2.40. The number of hydrogen-bond donors (Lipinski definition) is 1. The number of halogens is 3. The molecule has 0 bridgehead atoms. The van der Waals surface area contributed by atoms with E-state index in [-0.39, 0.29) is 30.7 Å². The van der Waals surface area contributed by atoms with Crippen LogP contribution in [0.5, 0.6) is 0 Å². The van der Waals surface area contributed by atoms with Crippen LogP contribution in [0.1, 0.15) is 58.9 Å². The van der Waals surface area contributed by atoms with Gasteiger partial charge in [-0.2, -0.15) is 13.2 Å². The number of fused-ring (bicyclic) bond motifs is 2. The number of aryl methyl sites for hydroxylation is 1. The van der Waals surface area contributed by atoms with Crippen LogP contribution in [0.3, 0.4) is 0 Å². The van der Waals surface area contributed by atoms with Gasteiger partial charge in [0.25, 0.3) is 0 Å². The number of carbonyl (C=O) groups excluding carboxylic acids is 1. The highest BCUT2D eigenvalue weighted by molar-refractivity contribution is 7.10. The van der Waals surface area contributed by atoms with Crippen LogP contribution in [-0.2, 0) is 39.8 Å². The van der Waals surface area contributed by atoms with Crippen LogP contribution < -0.4 is 5.32 Å². The second-order valence-corrected chi connectivity index (χ2v) is 12.2. The van der Waals surface area contributed by atoms with E-state index in [1.807, 2.05) is 4.90 Å². The van der Waals surface area contributed by atoms with Gasteiger partial charge in [0.1, 0.15) is 0 Å². The summed E-state index contributed by atoms with van der Waals surface area (Å²) in [5, 5.41) is 5.38. The summed E-state index contributed by atoms with van der Waals surface area (Å²) >= 11 is 1.75. The Morgan fingerprint density at radius 2 is 1.97 bits per heavy atom. The second kappa shape index (κ2) is 11.5. The zero-order valence-electron chi connectivity index (χ0n) is 22.0. The van der Waals surface area contributed by atoms with Gasteiger partial charge in [-0.15, -0.1) is 11.3 Å². The zero-order valence-corrected chi connectivity index (χ0v) is 22.9. The van der Waals surface area contributed by atoms with Gasteiger partial charge in [-0.25, -0.2) is 0 Å². The first-order valence-electron chi connectivity index (χ1n) is 14.1. The SMILES string of the molecule is O=C(CN1CCc2ccc(C(F)(F)F)cc2C1)N[C@H]1CN(C2CCCOCC2)C[C@@H]1OC1CCc2ccsc21. The minimum atomic E-state index is -4.37. The topological polar surface area (TPSA) is 54.0 Å². The fraction of sp³-hybridized carbons (Fsp3) is 0.621. The normalized spacial score (nSPS) is 28.2. The van der Waals surface area contributed by atoms with Gasteiger partial charge in [-0.05, 0) is 78.8 Å². The van der Waals surface area contributed by atoms with Crippen molar-refractivity contribution in [2.75, 3.05) is 39.4 Å². The molecule has 1 N–H and O–H groups in total. The Hall–Kier alpha value is -1.98. The van der Waals surface area contributed by atoms with Crippen LogP contribution in [0.4, 0.5) is 13.2 Å². The molecule has 2 fully saturated rings. The number of hydrogen-bond acceptors (Lipinski definition) is 6. The fourth-order valence-corrected chi connectivity index (χ4v) is 7.63. The Labute approximate surface area is 231 Å². The smallest absolute Gasteiger partial charge is 0.381 e. The van der Waals surface area contributed by atoms with E-state index in [4.69, 9.17) is 9.47 Å². The molecule has 2 aromatic rings. The summed E-state index contributed by atoms with van der Waals surface area (Å²) in [6.45, 7) is 4.23. The Morgan fingerprint density at radius 3 is 2.85 bits per heavy atom. The molecule has 4 atom stereocenters. The molecule has 2 saturated heterocycles. The molecule has 3 aliphatic heterocycles. The number of ether oxygens (including phenoxy) is 2. The quantitative estimate of drug-likeness (QED) is 0.559. The van der Waals surface area contributed by atoms with Crippen LogP contribution in [0, 0.1) is 0 Å². The molecule has 1 aromatic heterocycles. The van der Waals surface area contributed by atoms with Gasteiger partial charge < -0.3 is 14.8 Å². The molecule has 10 heteroatoms. The number of nitrogens with zero attached hydrogens (tertiary/aromatic N) is 2. The van der Waals surface area contributed by atoms with E-state index < -0.39 is 11.7 Å². The van der Waals surface area contributed by atoms with E-state index in [9.17, 15) is 18.0 Å². The van der Waals surface area contributed by atoms with Gasteiger partial charge in [-0.3, -0.25) is 14.6 Å². The maximum Gasteiger partial charge on any atom is 0.416 e. The van der Waals surface area contributed by atoms with E-state index in [2.05, 4.69) is 21.7 Å². The molecule has 1 amide bonds. The van der Waals surface area contributed by atoms with Crippen molar-refractivity contribution in [3.63, 3.8) is 0 Å². The van der Waals surface area contributed by atoms with Crippen molar-refractivity contribution >= 4 is 17.2 Å². The van der Waals surface area contributed by atoms with Crippen molar-refractivity contribution in [1.82, 2.24) is 15.1 Å². The second-order valence-electron chi connectivity index (χ2n) is 11.3. The average molecular weight is 564 g/mol. The minimum Gasteiger partial charge on any atom is -0.381 e. The Kier molecular flexibility index (Phi) is 8.01. The summed E-state index contributed by atoms with van der Waals surface area (Å²) in [5.41, 5.74) is 2.32. The van der Waals surface area contributed by atoms with Crippen molar-refractivity contribution in [3.05, 3.63) is 56.8 Å². The fourth-order valence-electron chi connectivity index (χ4n) is 6.61. The summed E-state index contributed by atoms with van der Waals surface area (Å²) in [6, 6.07) is 6.43. The highest BCUT2D eigenvalue weighted by atomic mass is 32.1. The lowest BCUT2D eigenvalue weighted by molar-refractivity contribution is -0.137. The summed E-state index contributed by atoms with van der Waals surface area (Å²) in [5.74, 6) is -0.0988. The molecule has 6 nitrogen and oxygen atoms in total. The van der Waals surface area contributed by atoms with Crippen molar-refractivity contribution in [2.24, 2.45) is 0 Å². The van der Waals surface area contributed by atoms with Gasteiger partial charge in [-0.1, -0.05) is 6.07 Å². The molecule has 0 saturated carbocycles. The lowest BCUT2D eigenvalue weighted by Crippen LogP contribution is -2.48. The molecule has 2 unspecified atom stereocenters. The Morgan fingerprint density at radius 1 is 1.08 bits per heavy atom. The molecule has 0 spiro atoms. The molecule has 6 rings (SSSR count). The maximum absolute atomic E-state index is 13.3. The number of carbonyl (C=O) groups is 1. The van der Waals surface area contributed by atoms with E-state index in [1.165, 1.54) is 16.5 Å². The lowest BCUT2D eigenvalue weighted by atomic mass is 9.97. The van der Waals surface area contributed by atoms with E-state index >= 15 is 0 Å². The first-order valence-corrected chi connectivity index (χ1v) is 15.0. The number of amides is 1. The van der Waals surface area contributed by atoms with Gasteiger partial charge in [0, 0.05) is 50.3 Å². The van der Waals surface area contributed by atoms with Crippen LogP contribution >= 0.6 is 11.3 Å². The van der Waals surface area contributed by atoms with Gasteiger partial charge in [0.2, 0.25) is 5.91 Å². The van der Waals surface area contributed by atoms with E-state index in [0.717, 1.165) is 70.0 Å². The standard InChI is InChI=1S/C29H36F3N3O3S/c30-29(31,32)22-5-3-19-7-10-34(15-21(19)14-22)18-27(36)33-24-16-35(23-2-1-11-37-12-8-23)17-26(24)38-25-6-4-20-9-13-39-28(20)25/h3,5,9,13-14,23-26H,1-2,4,6-8,10-12,15-18H2,(H,33,36)/t23?,24-,25?,26-/m0/s1. The molecular weight excluding hydrogens is 527 g/mol. The summed E-state index contributed by atoms with van der Waals surface area (Å²) in [4.78, 5) is 19.0. The molecule has 1 aliphatic carbocycles. The Bertz CT molecular complexity index is 1160. The van der Waals surface area contributed by atoms with Crippen molar-refractivity contribution in [2.45, 2.75) is 75.5 Å². The van der Waals surface area contributed by atoms with Gasteiger partial charge in [0.15, 0.2) is 0 Å². The van der Waals surface area contributed by atoms with Crippen LogP contribution in [0.2, 0.25) is 0 Å². The van der Waals surface area contributed by atoms with Crippen molar-refractivity contribution < 1.29 is 27.4 Å². The zero-order chi connectivity index (χ0) is 27.0. The van der Waals surface area contributed by atoms with Gasteiger partial charge in [0.05, 0.1) is 30.4 Å². The number of benzene rings is 1. The van der Waals surface area contributed by atoms with Crippen LogP contribution in [-0.4, -0.2) is 73.3 Å². The number of nitrogens with one attached hydrogen (secondary N) is 1. The van der Waals surface area contributed by atoms with Crippen LogP contribution in [0.15, 0.2) is 29.6 Å². The number of likely N-dealkylation sites (tertiary alicyclic amines) is 1. The van der Waals surface area contributed by atoms with E-state index in [0.29, 0.717) is 31.1 Å². The van der Waals surface area contributed by atoms with E-state index in [1.54, 1.807) is 17.4 Å². The minimum absolute atomic E-state index is 0.0724. The molecule has 212 valence electrons. The first kappa shape index (κ1) is 27.2. The predicted molar refractivity (Wildman–Crippen MR) is 143 cm³/mol. The summed E-state index contributed by atoms with van der Waals surface area (Å²) in [6.07, 6.45) is 1.35. The first-order chi connectivity index (χ1) is 18.8. The molecule has 1 aromatic carbocycles. The summed E-state index contributed by atoms with van der Waals surface area (Å²) < 4.78 is 52.1.